The molecule has 4 aromatic rings. The van der Waals surface area contributed by atoms with Crippen molar-refractivity contribution in [2.24, 2.45) is 0 Å². The fraction of sp³-hybridized carbons (Fsp3) is 0.375. The molecule has 166 valence electrons. The average molecular weight is 433 g/mol. The molecule has 1 atom stereocenters. The molecule has 1 fully saturated rings. The van der Waals surface area contributed by atoms with Crippen molar-refractivity contribution in [2.75, 3.05) is 18.8 Å². The van der Waals surface area contributed by atoms with Gasteiger partial charge in [-0.15, -0.1) is 0 Å². The number of piperidine rings is 1. The summed E-state index contributed by atoms with van der Waals surface area (Å²) in [4.78, 5) is 9.10. The van der Waals surface area contributed by atoms with Crippen molar-refractivity contribution in [3.8, 4) is 17.3 Å². The Morgan fingerprint density at radius 2 is 2.09 bits per heavy atom. The van der Waals surface area contributed by atoms with Gasteiger partial charge in [0.25, 0.3) is 0 Å². The Hall–Kier alpha value is -3.39. The zero-order valence-electron chi connectivity index (χ0n) is 18.4. The second-order valence-corrected chi connectivity index (χ2v) is 8.51. The van der Waals surface area contributed by atoms with E-state index in [-0.39, 0.29) is 18.0 Å². The molecule has 0 aliphatic carbocycles. The maximum atomic E-state index is 6.28. The molecule has 5 rings (SSSR count). The number of anilines is 1. The minimum atomic E-state index is 0.0515. The number of hydrogen-bond donors (Lipinski definition) is 2. The highest BCUT2D eigenvalue weighted by Gasteiger charge is 2.23. The van der Waals surface area contributed by atoms with Crippen LogP contribution in [0.2, 0.25) is 0 Å². The number of nitrogens with two attached hydrogens (primary N) is 1. The first kappa shape index (κ1) is 20.5. The first-order valence-electron chi connectivity index (χ1n) is 11.1. The van der Waals surface area contributed by atoms with E-state index in [4.69, 9.17) is 25.0 Å². The smallest absolute Gasteiger partial charge is 0.322 e. The Morgan fingerprint density at radius 3 is 2.84 bits per heavy atom. The zero-order chi connectivity index (χ0) is 22.1. The molecule has 32 heavy (non-hydrogen) atoms. The number of fused-ring (bicyclic) bond motifs is 1. The Labute approximate surface area is 186 Å². The Bertz CT molecular complexity index is 1210. The SMILES string of the molecule is CC(C)c1c(Cc2ccccc2-c2ccco2)nn2c(N)nc(OC3CCCNC3)nc12. The number of nitrogens with zero attached hydrogens (tertiary/aromatic N) is 4. The van der Waals surface area contributed by atoms with Gasteiger partial charge in [0.2, 0.25) is 5.95 Å². The van der Waals surface area contributed by atoms with Crippen LogP contribution in [0, 0.1) is 0 Å². The number of furan rings is 1. The maximum absolute atomic E-state index is 6.28. The first-order chi connectivity index (χ1) is 15.6. The van der Waals surface area contributed by atoms with Crippen LogP contribution in [-0.2, 0) is 6.42 Å². The van der Waals surface area contributed by atoms with Gasteiger partial charge >= 0.3 is 6.01 Å². The summed E-state index contributed by atoms with van der Waals surface area (Å²) in [6, 6.07) is 12.4. The molecule has 0 saturated carbocycles. The summed E-state index contributed by atoms with van der Waals surface area (Å²) in [5.74, 6) is 1.32. The summed E-state index contributed by atoms with van der Waals surface area (Å²) in [5.41, 5.74) is 11.2. The van der Waals surface area contributed by atoms with Gasteiger partial charge in [0.1, 0.15) is 11.9 Å². The molecule has 0 amide bonds. The molecule has 3 N–H and O–H groups in total. The quantitative estimate of drug-likeness (QED) is 0.477. The van der Waals surface area contributed by atoms with Crippen LogP contribution < -0.4 is 15.8 Å². The second-order valence-electron chi connectivity index (χ2n) is 8.51. The van der Waals surface area contributed by atoms with Crippen LogP contribution in [0.15, 0.2) is 47.1 Å². The summed E-state index contributed by atoms with van der Waals surface area (Å²) >= 11 is 0. The number of benzene rings is 1. The number of aromatic nitrogens is 4. The monoisotopic (exact) mass is 432 g/mol. The Kier molecular flexibility index (Phi) is 5.53. The first-order valence-corrected chi connectivity index (χ1v) is 11.1. The molecule has 1 saturated heterocycles. The number of nitrogens with one attached hydrogen (secondary N) is 1. The Morgan fingerprint density at radius 1 is 1.22 bits per heavy atom. The van der Waals surface area contributed by atoms with E-state index >= 15 is 0 Å². The summed E-state index contributed by atoms with van der Waals surface area (Å²) in [6.45, 7) is 6.09. The molecule has 1 aliphatic rings. The van der Waals surface area contributed by atoms with Crippen molar-refractivity contribution in [3.05, 3.63) is 59.5 Å². The van der Waals surface area contributed by atoms with E-state index in [0.29, 0.717) is 18.1 Å². The summed E-state index contributed by atoms with van der Waals surface area (Å²) < 4.78 is 13.3. The van der Waals surface area contributed by atoms with Crippen LogP contribution in [0.5, 0.6) is 6.01 Å². The lowest BCUT2D eigenvalue weighted by Gasteiger charge is -2.22. The van der Waals surface area contributed by atoms with E-state index in [9.17, 15) is 0 Å². The fourth-order valence-electron chi connectivity index (χ4n) is 4.36. The minimum Gasteiger partial charge on any atom is -0.464 e. The van der Waals surface area contributed by atoms with E-state index in [1.54, 1.807) is 10.8 Å². The highest BCUT2D eigenvalue weighted by atomic mass is 16.5. The fourth-order valence-corrected chi connectivity index (χ4v) is 4.36. The molecule has 8 heteroatoms. The van der Waals surface area contributed by atoms with Gasteiger partial charge in [-0.2, -0.15) is 19.6 Å². The van der Waals surface area contributed by atoms with Gasteiger partial charge in [-0.25, -0.2) is 0 Å². The minimum absolute atomic E-state index is 0.0515. The van der Waals surface area contributed by atoms with Gasteiger partial charge in [-0.05, 0) is 43.0 Å². The standard InChI is InChI=1S/C24H28N6O2/c1-15(2)21-19(13-16-7-3-4-9-18(16)20-10-6-12-31-20)29-30-22(21)27-24(28-23(30)25)32-17-8-5-11-26-14-17/h3-4,6-7,9-10,12,15,17,26H,5,8,11,13-14H2,1-2H3,(H2,25,27,28). The predicted octanol–water partition coefficient (Wildman–Crippen LogP) is 3.81. The van der Waals surface area contributed by atoms with Gasteiger partial charge < -0.3 is 20.2 Å². The average Bonchev–Trinajstić information content (AvgIpc) is 3.43. The molecular weight excluding hydrogens is 404 g/mol. The second kappa shape index (κ2) is 8.63. The number of hydrogen-bond acceptors (Lipinski definition) is 7. The summed E-state index contributed by atoms with van der Waals surface area (Å²) in [6.07, 6.45) is 4.43. The molecule has 1 aliphatic heterocycles. The molecule has 3 aromatic heterocycles. The topological polar surface area (TPSA) is 104 Å². The van der Waals surface area contributed by atoms with E-state index in [1.165, 1.54) is 0 Å². The van der Waals surface area contributed by atoms with Gasteiger partial charge in [-0.1, -0.05) is 38.1 Å². The van der Waals surface area contributed by atoms with Crippen LogP contribution >= 0.6 is 0 Å². The van der Waals surface area contributed by atoms with E-state index in [1.807, 2.05) is 24.3 Å². The molecule has 0 spiro atoms. The highest BCUT2D eigenvalue weighted by Crippen LogP contribution is 2.31. The van der Waals surface area contributed by atoms with Crippen LogP contribution in [0.4, 0.5) is 5.95 Å². The highest BCUT2D eigenvalue weighted by molar-refractivity contribution is 5.64. The van der Waals surface area contributed by atoms with Crippen LogP contribution in [0.25, 0.3) is 17.0 Å². The van der Waals surface area contributed by atoms with E-state index in [2.05, 4.69) is 36.3 Å². The zero-order valence-corrected chi connectivity index (χ0v) is 18.4. The molecular formula is C24H28N6O2. The Balaban J connectivity index is 1.54. The van der Waals surface area contributed by atoms with Gasteiger partial charge in [0.05, 0.1) is 12.0 Å². The number of ether oxygens (including phenoxy) is 1. The van der Waals surface area contributed by atoms with Crippen LogP contribution in [-0.4, -0.2) is 38.8 Å². The summed E-state index contributed by atoms with van der Waals surface area (Å²) in [7, 11) is 0. The number of rotatable bonds is 6. The maximum Gasteiger partial charge on any atom is 0.322 e. The van der Waals surface area contributed by atoms with Crippen molar-refractivity contribution in [2.45, 2.75) is 45.1 Å². The summed E-state index contributed by atoms with van der Waals surface area (Å²) in [5, 5.41) is 8.15. The molecule has 8 nitrogen and oxygen atoms in total. The van der Waals surface area contributed by atoms with Crippen molar-refractivity contribution in [1.29, 1.82) is 0 Å². The number of nitrogen functional groups attached to an aromatic ring is 1. The van der Waals surface area contributed by atoms with Crippen molar-refractivity contribution in [3.63, 3.8) is 0 Å². The van der Waals surface area contributed by atoms with E-state index < -0.39 is 0 Å². The van der Waals surface area contributed by atoms with Crippen molar-refractivity contribution in [1.82, 2.24) is 24.9 Å². The molecule has 1 aromatic carbocycles. The molecule has 0 bridgehead atoms. The third kappa shape index (κ3) is 3.93. The van der Waals surface area contributed by atoms with Crippen LogP contribution in [0.3, 0.4) is 0 Å². The lowest BCUT2D eigenvalue weighted by Crippen LogP contribution is -2.37. The largest absolute Gasteiger partial charge is 0.464 e. The van der Waals surface area contributed by atoms with Crippen LogP contribution in [0.1, 0.15) is 49.4 Å². The van der Waals surface area contributed by atoms with Crippen molar-refractivity contribution < 1.29 is 9.15 Å². The third-order valence-electron chi connectivity index (χ3n) is 5.86. The predicted molar refractivity (Wildman–Crippen MR) is 123 cm³/mol. The van der Waals surface area contributed by atoms with Crippen molar-refractivity contribution >= 4 is 11.6 Å². The normalized spacial score (nSPS) is 16.7. The third-order valence-corrected chi connectivity index (χ3v) is 5.86. The lowest BCUT2D eigenvalue weighted by atomic mass is 9.96. The molecule has 0 radical (unpaired) electrons. The molecule has 1 unspecified atom stereocenters. The molecule has 4 heterocycles. The lowest BCUT2D eigenvalue weighted by molar-refractivity contribution is 0.153. The van der Waals surface area contributed by atoms with Gasteiger partial charge in [-0.3, -0.25) is 0 Å². The van der Waals surface area contributed by atoms with Gasteiger partial charge in [0.15, 0.2) is 5.65 Å². The van der Waals surface area contributed by atoms with Gasteiger partial charge in [0, 0.05) is 24.1 Å². The van der Waals surface area contributed by atoms with E-state index in [0.717, 1.165) is 54.1 Å².